The van der Waals surface area contributed by atoms with Crippen molar-refractivity contribution in [2.24, 2.45) is 0 Å². The number of anilines is 2. The van der Waals surface area contributed by atoms with Crippen molar-refractivity contribution < 1.29 is 22.9 Å². The Morgan fingerprint density at radius 2 is 1.92 bits per heavy atom. The monoisotopic (exact) mass is 364 g/mol. The van der Waals surface area contributed by atoms with E-state index in [4.69, 9.17) is 9.37 Å². The maximum Gasteiger partial charge on any atom is 0.333 e. The third-order valence-corrected chi connectivity index (χ3v) is 4.08. The van der Waals surface area contributed by atoms with Crippen LogP contribution in [0.1, 0.15) is 17.0 Å². The minimum atomic E-state index is -2.91. The smallest absolute Gasteiger partial charge is 0.333 e. The van der Waals surface area contributed by atoms with Gasteiger partial charge in [0.25, 0.3) is 5.91 Å². The number of hydrogen-bond acceptors (Lipinski definition) is 7. The molecule has 1 aliphatic rings. The summed E-state index contributed by atoms with van der Waals surface area (Å²) in [4.78, 5) is 14.4. The standard InChI is InChI=1S/C15H14F2N6O3/c16-15(17)23-11(3-4-18-23)14(24)19-9-1-2-10(13-12(9)20-26-21-13)22-5-7-25-8-6-22/h1-4,15H,5-8H2,(H,19,24). The number of alkyl halides is 2. The van der Waals surface area contributed by atoms with Crippen LogP contribution in [0.3, 0.4) is 0 Å². The lowest BCUT2D eigenvalue weighted by Gasteiger charge is -2.28. The summed E-state index contributed by atoms with van der Waals surface area (Å²) in [5.41, 5.74) is 1.67. The van der Waals surface area contributed by atoms with E-state index in [1.54, 1.807) is 12.1 Å². The van der Waals surface area contributed by atoms with E-state index in [2.05, 4.69) is 25.6 Å². The molecule has 0 atom stereocenters. The largest absolute Gasteiger partial charge is 0.378 e. The molecule has 3 heterocycles. The molecule has 4 rings (SSSR count). The van der Waals surface area contributed by atoms with Crippen LogP contribution in [0.5, 0.6) is 0 Å². The van der Waals surface area contributed by atoms with Gasteiger partial charge in [-0.1, -0.05) is 0 Å². The molecule has 136 valence electrons. The maximum absolute atomic E-state index is 12.9. The highest BCUT2D eigenvalue weighted by Gasteiger charge is 2.22. The normalized spacial score (nSPS) is 15.0. The van der Waals surface area contributed by atoms with Crippen LogP contribution in [0.2, 0.25) is 0 Å². The summed E-state index contributed by atoms with van der Waals surface area (Å²) in [6, 6.07) is 4.62. The first-order valence-electron chi connectivity index (χ1n) is 7.86. The van der Waals surface area contributed by atoms with Gasteiger partial charge >= 0.3 is 6.55 Å². The molecule has 0 saturated carbocycles. The number of benzene rings is 1. The van der Waals surface area contributed by atoms with Gasteiger partial charge in [0.2, 0.25) is 0 Å². The molecule has 26 heavy (non-hydrogen) atoms. The quantitative estimate of drug-likeness (QED) is 0.755. The van der Waals surface area contributed by atoms with E-state index in [9.17, 15) is 13.6 Å². The summed E-state index contributed by atoms with van der Waals surface area (Å²) in [5, 5.41) is 13.8. The van der Waals surface area contributed by atoms with Gasteiger partial charge in [-0.2, -0.15) is 18.6 Å². The molecule has 0 bridgehead atoms. The number of halogens is 2. The number of fused-ring (bicyclic) bond motifs is 1. The average Bonchev–Trinajstić information content (AvgIpc) is 3.32. The van der Waals surface area contributed by atoms with Gasteiger partial charge in [0.1, 0.15) is 5.69 Å². The maximum atomic E-state index is 12.9. The first-order valence-corrected chi connectivity index (χ1v) is 7.86. The number of carbonyl (C=O) groups is 1. The van der Waals surface area contributed by atoms with E-state index in [-0.39, 0.29) is 5.69 Å². The highest BCUT2D eigenvalue weighted by molar-refractivity contribution is 6.08. The molecular weight excluding hydrogens is 350 g/mol. The molecule has 9 nitrogen and oxygen atoms in total. The Morgan fingerprint density at radius 1 is 1.15 bits per heavy atom. The van der Waals surface area contributed by atoms with Crippen molar-refractivity contribution in [1.82, 2.24) is 20.1 Å². The van der Waals surface area contributed by atoms with Crippen molar-refractivity contribution in [3.63, 3.8) is 0 Å². The van der Waals surface area contributed by atoms with Crippen LogP contribution < -0.4 is 10.2 Å². The second-order valence-corrected chi connectivity index (χ2v) is 5.59. The van der Waals surface area contributed by atoms with E-state index in [0.717, 1.165) is 11.9 Å². The molecule has 11 heteroatoms. The predicted octanol–water partition coefficient (Wildman–Crippen LogP) is 1.90. The number of hydrogen-bond donors (Lipinski definition) is 1. The molecule has 1 N–H and O–H groups in total. The van der Waals surface area contributed by atoms with Crippen molar-refractivity contribution in [1.29, 1.82) is 0 Å². The number of rotatable bonds is 4. The molecule has 1 amide bonds. The highest BCUT2D eigenvalue weighted by Crippen LogP contribution is 2.30. The number of aromatic nitrogens is 4. The lowest BCUT2D eigenvalue weighted by Crippen LogP contribution is -2.36. The Morgan fingerprint density at radius 3 is 2.69 bits per heavy atom. The summed E-state index contributed by atoms with van der Waals surface area (Å²) < 4.78 is 36.3. The zero-order valence-electron chi connectivity index (χ0n) is 13.4. The van der Waals surface area contributed by atoms with E-state index in [0.29, 0.717) is 47.7 Å². The van der Waals surface area contributed by atoms with Crippen molar-refractivity contribution in [2.45, 2.75) is 6.55 Å². The van der Waals surface area contributed by atoms with Crippen LogP contribution in [0.15, 0.2) is 29.0 Å². The van der Waals surface area contributed by atoms with Crippen molar-refractivity contribution in [3.05, 3.63) is 30.1 Å². The van der Waals surface area contributed by atoms with Gasteiger partial charge in [-0.15, -0.1) is 0 Å². The van der Waals surface area contributed by atoms with E-state index >= 15 is 0 Å². The minimum Gasteiger partial charge on any atom is -0.378 e. The molecule has 1 aliphatic heterocycles. The second kappa shape index (κ2) is 6.67. The van der Waals surface area contributed by atoms with Crippen LogP contribution in [-0.2, 0) is 4.74 Å². The zero-order chi connectivity index (χ0) is 18.1. The van der Waals surface area contributed by atoms with Crippen LogP contribution in [0.25, 0.3) is 11.0 Å². The summed E-state index contributed by atoms with van der Waals surface area (Å²) in [5.74, 6) is -0.730. The number of ether oxygens (including phenoxy) is 1. The van der Waals surface area contributed by atoms with Gasteiger partial charge in [0.15, 0.2) is 11.0 Å². The van der Waals surface area contributed by atoms with Gasteiger partial charge < -0.3 is 15.0 Å². The lowest BCUT2D eigenvalue weighted by atomic mass is 10.2. The third-order valence-electron chi connectivity index (χ3n) is 4.08. The first-order chi connectivity index (χ1) is 12.6. The lowest BCUT2D eigenvalue weighted by molar-refractivity contribution is 0.0520. The second-order valence-electron chi connectivity index (χ2n) is 5.59. The molecule has 1 fully saturated rings. The van der Waals surface area contributed by atoms with Crippen molar-refractivity contribution >= 4 is 28.3 Å². The zero-order valence-corrected chi connectivity index (χ0v) is 13.4. The summed E-state index contributed by atoms with van der Waals surface area (Å²) in [6.45, 7) is -0.322. The van der Waals surface area contributed by atoms with Gasteiger partial charge in [0.05, 0.1) is 24.6 Å². The van der Waals surface area contributed by atoms with Crippen LogP contribution in [0.4, 0.5) is 20.2 Å². The number of nitrogens with one attached hydrogen (secondary N) is 1. The molecule has 0 radical (unpaired) electrons. The molecule has 1 aromatic carbocycles. The van der Waals surface area contributed by atoms with Gasteiger partial charge in [0, 0.05) is 19.3 Å². The minimum absolute atomic E-state index is 0.262. The number of carbonyl (C=O) groups excluding carboxylic acids is 1. The van der Waals surface area contributed by atoms with E-state index < -0.39 is 12.5 Å². The molecular formula is C15H14F2N6O3. The van der Waals surface area contributed by atoms with Crippen molar-refractivity contribution in [3.8, 4) is 0 Å². The molecule has 0 spiro atoms. The van der Waals surface area contributed by atoms with Crippen molar-refractivity contribution in [2.75, 3.05) is 36.5 Å². The fraction of sp³-hybridized carbons (Fsp3) is 0.333. The highest BCUT2D eigenvalue weighted by atomic mass is 19.3. The molecule has 0 aliphatic carbocycles. The number of nitrogens with zero attached hydrogens (tertiary/aromatic N) is 5. The number of morpholine rings is 1. The Hall–Kier alpha value is -3.08. The SMILES string of the molecule is O=C(Nc1ccc(N2CCOCC2)c2nonc12)c1ccnn1C(F)F. The Bertz CT molecular complexity index is 935. The molecule has 0 unspecified atom stereocenters. The average molecular weight is 364 g/mol. The summed E-state index contributed by atoms with van der Waals surface area (Å²) in [6.07, 6.45) is 1.13. The fourth-order valence-corrected chi connectivity index (χ4v) is 2.85. The predicted molar refractivity (Wildman–Crippen MR) is 86.3 cm³/mol. The molecule has 3 aromatic rings. The Labute approximate surface area is 145 Å². The summed E-state index contributed by atoms with van der Waals surface area (Å²) in [7, 11) is 0. The van der Waals surface area contributed by atoms with Crippen LogP contribution in [-0.4, -0.2) is 52.3 Å². The van der Waals surface area contributed by atoms with Crippen LogP contribution >= 0.6 is 0 Å². The third kappa shape index (κ3) is 2.86. The van der Waals surface area contributed by atoms with Gasteiger partial charge in [-0.25, -0.2) is 4.63 Å². The summed E-state index contributed by atoms with van der Waals surface area (Å²) >= 11 is 0. The van der Waals surface area contributed by atoms with Gasteiger partial charge in [-0.3, -0.25) is 4.79 Å². The fourth-order valence-electron chi connectivity index (χ4n) is 2.85. The van der Waals surface area contributed by atoms with E-state index in [1.807, 2.05) is 0 Å². The number of amides is 1. The Balaban J connectivity index is 1.64. The van der Waals surface area contributed by atoms with Gasteiger partial charge in [-0.05, 0) is 28.5 Å². The Kier molecular flexibility index (Phi) is 4.21. The topological polar surface area (TPSA) is 98.3 Å². The molecule has 1 saturated heterocycles. The van der Waals surface area contributed by atoms with Crippen LogP contribution in [0, 0.1) is 0 Å². The first kappa shape index (κ1) is 16.4. The van der Waals surface area contributed by atoms with E-state index in [1.165, 1.54) is 6.07 Å². The molecule has 2 aromatic heterocycles.